The molecule has 19 heavy (non-hydrogen) atoms. The van der Waals surface area contributed by atoms with Gasteiger partial charge in [0, 0.05) is 25.0 Å². The molecule has 1 aliphatic heterocycles. The largest absolute Gasteiger partial charge is 0.365 e. The van der Waals surface area contributed by atoms with E-state index in [4.69, 9.17) is 0 Å². The second kappa shape index (κ2) is 5.74. The Bertz CT molecular complexity index is 475. The minimum Gasteiger partial charge on any atom is -0.365 e. The van der Waals surface area contributed by atoms with Gasteiger partial charge in [-0.1, -0.05) is 0 Å². The van der Waals surface area contributed by atoms with Gasteiger partial charge in [-0.25, -0.2) is 4.98 Å². The van der Waals surface area contributed by atoms with Crippen LogP contribution in [0.25, 0.3) is 0 Å². The summed E-state index contributed by atoms with van der Waals surface area (Å²) in [5.74, 6) is 0.510. The highest BCUT2D eigenvalue weighted by atomic mass is 16.1. The lowest BCUT2D eigenvalue weighted by Crippen LogP contribution is -2.26. The molecule has 1 aliphatic carbocycles. The monoisotopic (exact) mass is 262 g/mol. The average Bonchev–Trinajstić information content (AvgIpc) is 3.13. The van der Waals surface area contributed by atoms with Crippen molar-refractivity contribution in [2.24, 2.45) is 0 Å². The maximum Gasteiger partial charge on any atom is 0.293 e. The SMILES string of the molecule is O=c1c(NCCCN2CCCC2)nccn1C1CC1. The standard InChI is InChI=1S/C14H22N4O/c19-14-13(16-7-11-18(14)12-4-5-12)15-6-3-10-17-8-1-2-9-17/h7,11-12H,1-6,8-10H2,(H,15,16). The molecule has 5 heteroatoms. The van der Waals surface area contributed by atoms with E-state index in [1.807, 2.05) is 4.57 Å². The molecule has 1 saturated heterocycles. The Balaban J connectivity index is 1.49. The van der Waals surface area contributed by atoms with Crippen LogP contribution in [0.2, 0.25) is 0 Å². The van der Waals surface area contributed by atoms with Crippen molar-refractivity contribution < 1.29 is 0 Å². The van der Waals surface area contributed by atoms with Gasteiger partial charge < -0.3 is 14.8 Å². The maximum atomic E-state index is 12.1. The Hall–Kier alpha value is -1.36. The fourth-order valence-electron chi connectivity index (χ4n) is 2.70. The Morgan fingerprint density at radius 3 is 2.84 bits per heavy atom. The van der Waals surface area contributed by atoms with Crippen LogP contribution in [0.5, 0.6) is 0 Å². The van der Waals surface area contributed by atoms with Gasteiger partial charge in [-0.2, -0.15) is 0 Å². The highest BCUT2D eigenvalue weighted by Gasteiger charge is 2.25. The lowest BCUT2D eigenvalue weighted by atomic mass is 10.4. The third-order valence-electron chi connectivity index (χ3n) is 3.95. The third-order valence-corrected chi connectivity index (χ3v) is 3.95. The smallest absolute Gasteiger partial charge is 0.293 e. The van der Waals surface area contributed by atoms with Gasteiger partial charge in [0.05, 0.1) is 0 Å². The van der Waals surface area contributed by atoms with Crippen molar-refractivity contribution >= 4 is 5.82 Å². The van der Waals surface area contributed by atoms with E-state index < -0.39 is 0 Å². The topological polar surface area (TPSA) is 50.2 Å². The summed E-state index contributed by atoms with van der Waals surface area (Å²) in [7, 11) is 0. The van der Waals surface area contributed by atoms with E-state index in [0.717, 1.165) is 32.4 Å². The molecule has 0 unspecified atom stereocenters. The maximum absolute atomic E-state index is 12.1. The number of likely N-dealkylation sites (tertiary alicyclic amines) is 1. The Kier molecular flexibility index (Phi) is 3.82. The van der Waals surface area contributed by atoms with Crippen LogP contribution in [0.1, 0.15) is 38.1 Å². The molecule has 1 aromatic heterocycles. The van der Waals surface area contributed by atoms with Gasteiger partial charge in [0.15, 0.2) is 5.82 Å². The molecule has 1 N–H and O–H groups in total. The molecule has 0 amide bonds. The highest BCUT2D eigenvalue weighted by molar-refractivity contribution is 5.31. The number of nitrogens with one attached hydrogen (secondary N) is 1. The first kappa shape index (κ1) is 12.7. The van der Waals surface area contributed by atoms with E-state index in [9.17, 15) is 4.79 Å². The van der Waals surface area contributed by atoms with Crippen molar-refractivity contribution in [2.75, 3.05) is 31.5 Å². The number of nitrogens with zero attached hydrogens (tertiary/aromatic N) is 3. The first-order valence-electron chi connectivity index (χ1n) is 7.38. The summed E-state index contributed by atoms with van der Waals surface area (Å²) < 4.78 is 1.82. The Morgan fingerprint density at radius 1 is 1.32 bits per heavy atom. The lowest BCUT2D eigenvalue weighted by molar-refractivity contribution is 0.337. The van der Waals surface area contributed by atoms with Gasteiger partial charge in [0.25, 0.3) is 5.56 Å². The van der Waals surface area contributed by atoms with Crippen LogP contribution in [-0.2, 0) is 0 Å². The van der Waals surface area contributed by atoms with Crippen molar-refractivity contribution in [3.8, 4) is 0 Å². The molecule has 0 bridgehead atoms. The number of hydrogen-bond donors (Lipinski definition) is 1. The zero-order valence-electron chi connectivity index (χ0n) is 11.3. The highest BCUT2D eigenvalue weighted by Crippen LogP contribution is 2.33. The molecule has 5 nitrogen and oxygen atoms in total. The number of anilines is 1. The van der Waals surface area contributed by atoms with E-state index in [1.54, 1.807) is 12.4 Å². The molecular formula is C14H22N4O. The van der Waals surface area contributed by atoms with E-state index in [1.165, 1.54) is 25.9 Å². The molecule has 0 radical (unpaired) electrons. The Labute approximate surface area is 113 Å². The molecule has 104 valence electrons. The number of rotatable bonds is 6. The molecule has 0 spiro atoms. The van der Waals surface area contributed by atoms with Crippen molar-refractivity contribution in [1.29, 1.82) is 0 Å². The molecule has 1 aromatic rings. The molecular weight excluding hydrogens is 240 g/mol. The second-order valence-electron chi connectivity index (χ2n) is 5.55. The van der Waals surface area contributed by atoms with Crippen LogP contribution < -0.4 is 10.9 Å². The molecule has 2 heterocycles. The molecule has 3 rings (SSSR count). The average molecular weight is 262 g/mol. The van der Waals surface area contributed by atoms with Crippen LogP contribution >= 0.6 is 0 Å². The first-order chi connectivity index (χ1) is 9.34. The van der Waals surface area contributed by atoms with Crippen molar-refractivity contribution in [3.05, 3.63) is 22.7 Å². The molecule has 0 atom stereocenters. The zero-order chi connectivity index (χ0) is 13.1. The molecule has 0 aromatic carbocycles. The summed E-state index contributed by atoms with van der Waals surface area (Å²) in [5, 5.41) is 3.19. The van der Waals surface area contributed by atoms with Crippen LogP contribution in [0.4, 0.5) is 5.82 Å². The fraction of sp³-hybridized carbons (Fsp3) is 0.714. The number of aromatic nitrogens is 2. The van der Waals surface area contributed by atoms with Crippen LogP contribution in [0.3, 0.4) is 0 Å². The summed E-state index contributed by atoms with van der Waals surface area (Å²) in [6.07, 6.45) is 9.51. The fourth-order valence-corrected chi connectivity index (χ4v) is 2.70. The lowest BCUT2D eigenvalue weighted by Gasteiger charge is -2.14. The van der Waals surface area contributed by atoms with E-state index >= 15 is 0 Å². The second-order valence-corrected chi connectivity index (χ2v) is 5.55. The summed E-state index contributed by atoms with van der Waals surface area (Å²) in [5.41, 5.74) is 0.0335. The predicted molar refractivity (Wildman–Crippen MR) is 75.5 cm³/mol. The van der Waals surface area contributed by atoms with Gasteiger partial charge in [-0.15, -0.1) is 0 Å². The van der Waals surface area contributed by atoms with Crippen LogP contribution in [0.15, 0.2) is 17.2 Å². The Morgan fingerprint density at radius 2 is 2.11 bits per heavy atom. The van der Waals surface area contributed by atoms with Gasteiger partial charge in [0.1, 0.15) is 0 Å². The minimum atomic E-state index is 0.0335. The van der Waals surface area contributed by atoms with E-state index in [0.29, 0.717) is 11.9 Å². The van der Waals surface area contributed by atoms with Crippen LogP contribution in [0, 0.1) is 0 Å². The summed E-state index contributed by atoms with van der Waals surface area (Å²) in [6.45, 7) is 4.42. The van der Waals surface area contributed by atoms with Gasteiger partial charge in [0.2, 0.25) is 0 Å². The zero-order valence-corrected chi connectivity index (χ0v) is 11.3. The van der Waals surface area contributed by atoms with Gasteiger partial charge in [-0.05, 0) is 51.7 Å². The summed E-state index contributed by atoms with van der Waals surface area (Å²) >= 11 is 0. The van der Waals surface area contributed by atoms with Gasteiger partial charge in [-0.3, -0.25) is 4.79 Å². The molecule has 1 saturated carbocycles. The van der Waals surface area contributed by atoms with Crippen molar-refractivity contribution in [1.82, 2.24) is 14.5 Å². The predicted octanol–water partition coefficient (Wildman–Crippen LogP) is 1.48. The first-order valence-corrected chi connectivity index (χ1v) is 7.38. The number of hydrogen-bond acceptors (Lipinski definition) is 4. The van der Waals surface area contributed by atoms with E-state index in [-0.39, 0.29) is 5.56 Å². The third kappa shape index (κ3) is 3.15. The summed E-state index contributed by atoms with van der Waals surface area (Å²) in [6, 6.07) is 0.417. The van der Waals surface area contributed by atoms with E-state index in [2.05, 4.69) is 15.2 Å². The molecule has 2 aliphatic rings. The molecule has 2 fully saturated rings. The van der Waals surface area contributed by atoms with Crippen molar-refractivity contribution in [2.45, 2.75) is 38.1 Å². The van der Waals surface area contributed by atoms with Crippen molar-refractivity contribution in [3.63, 3.8) is 0 Å². The minimum absolute atomic E-state index is 0.0335. The quantitative estimate of drug-likeness (QED) is 0.789. The van der Waals surface area contributed by atoms with Crippen LogP contribution in [-0.4, -0.2) is 40.6 Å². The summed E-state index contributed by atoms with van der Waals surface area (Å²) in [4.78, 5) is 18.8. The normalized spacial score (nSPS) is 19.8. The van der Waals surface area contributed by atoms with Gasteiger partial charge >= 0.3 is 0 Å².